The first kappa shape index (κ1) is 28.8. The number of rotatable bonds is 9. The van der Waals surface area contributed by atoms with Crippen LogP contribution in [0.15, 0.2) is 30.3 Å². The maximum Gasteiger partial charge on any atom is 0.244 e. The Bertz CT molecular complexity index is 1190. The number of sulfonamides is 1. The maximum atomic E-state index is 13.5. The molecule has 0 saturated heterocycles. The second kappa shape index (κ2) is 12.0. The normalized spacial score (nSPS) is 12.2. The van der Waals surface area contributed by atoms with Gasteiger partial charge in [0.25, 0.3) is 0 Å². The molecule has 186 valence electrons. The molecule has 1 N–H and O–H groups in total. The predicted molar refractivity (Wildman–Crippen MR) is 139 cm³/mol. The summed E-state index contributed by atoms with van der Waals surface area (Å²) in [4.78, 5) is 27.3. The molecule has 0 heterocycles. The van der Waals surface area contributed by atoms with E-state index in [9.17, 15) is 18.0 Å². The number of amides is 2. The quantitative estimate of drug-likeness (QED) is 0.404. The number of hydrogen-bond donors (Lipinski definition) is 1. The fraction of sp³-hybridized carbons (Fsp3) is 0.333. The van der Waals surface area contributed by atoms with Gasteiger partial charge in [0.1, 0.15) is 12.6 Å². The first-order chi connectivity index (χ1) is 15.8. The van der Waals surface area contributed by atoms with E-state index in [1.54, 1.807) is 19.1 Å². The Morgan fingerprint density at radius 1 is 0.971 bits per heavy atom. The van der Waals surface area contributed by atoms with Crippen LogP contribution in [0.4, 0.5) is 5.69 Å². The molecular formula is C21H22Cl5N3O4S. The van der Waals surface area contributed by atoms with E-state index in [1.807, 2.05) is 0 Å². The van der Waals surface area contributed by atoms with E-state index in [1.165, 1.54) is 30.1 Å². The molecule has 0 aromatic heterocycles. The first-order valence-corrected chi connectivity index (χ1v) is 13.6. The minimum absolute atomic E-state index is 0.0155. The summed E-state index contributed by atoms with van der Waals surface area (Å²) in [6.07, 6.45) is 1.19. The van der Waals surface area contributed by atoms with Crippen molar-refractivity contribution < 1.29 is 18.0 Å². The van der Waals surface area contributed by atoms with Crippen molar-refractivity contribution in [2.24, 2.45) is 0 Å². The Kier molecular flexibility index (Phi) is 10.2. The molecule has 13 heteroatoms. The highest BCUT2D eigenvalue weighted by Crippen LogP contribution is 2.35. The van der Waals surface area contributed by atoms with Crippen LogP contribution in [-0.4, -0.2) is 51.0 Å². The molecule has 2 rings (SSSR count). The number of anilines is 1. The summed E-state index contributed by atoms with van der Waals surface area (Å²) in [7, 11) is -2.54. The monoisotopic (exact) mass is 587 g/mol. The average molecular weight is 590 g/mol. The van der Waals surface area contributed by atoms with Gasteiger partial charge in [-0.25, -0.2) is 8.42 Å². The molecule has 0 bridgehead atoms. The zero-order valence-electron chi connectivity index (χ0n) is 18.4. The number of halogens is 5. The lowest BCUT2D eigenvalue weighted by molar-refractivity contribution is -0.140. The molecule has 0 aliphatic heterocycles. The standard InChI is InChI=1S/C21H22Cl5N3O4S/c1-4-18(21(31)27-2)28(10-12-5-6-13(22)7-14(12)23)20(30)11-29(34(3,32)33)19-9-16(25)15(24)8-17(19)26/h5-9,18H,4,10-11H2,1-3H3,(H,27,31)/t18-/m0/s1. The van der Waals surface area contributed by atoms with E-state index in [-0.39, 0.29) is 33.7 Å². The lowest BCUT2D eigenvalue weighted by Gasteiger charge is -2.33. The number of nitrogens with zero attached hydrogens (tertiary/aromatic N) is 2. The zero-order chi connectivity index (χ0) is 25.8. The third-order valence-corrected chi connectivity index (χ3v) is 7.66. The van der Waals surface area contributed by atoms with Gasteiger partial charge in [0, 0.05) is 23.6 Å². The third-order valence-electron chi connectivity index (χ3n) is 4.93. The zero-order valence-corrected chi connectivity index (χ0v) is 23.0. The van der Waals surface area contributed by atoms with Crippen molar-refractivity contribution in [3.05, 3.63) is 61.0 Å². The van der Waals surface area contributed by atoms with Crippen molar-refractivity contribution in [1.82, 2.24) is 10.2 Å². The average Bonchev–Trinajstić information content (AvgIpc) is 2.75. The number of benzene rings is 2. The number of carbonyl (C=O) groups is 2. The summed E-state index contributed by atoms with van der Waals surface area (Å²) in [5.74, 6) is -1.08. The number of carbonyl (C=O) groups excluding carboxylic acids is 2. The molecular weight excluding hydrogens is 568 g/mol. The fourth-order valence-corrected chi connectivity index (χ4v) is 5.23. The van der Waals surface area contributed by atoms with Crippen LogP contribution in [0.5, 0.6) is 0 Å². The smallest absolute Gasteiger partial charge is 0.244 e. The van der Waals surface area contributed by atoms with E-state index in [2.05, 4.69) is 5.32 Å². The Morgan fingerprint density at radius 2 is 1.59 bits per heavy atom. The summed E-state index contributed by atoms with van der Waals surface area (Å²) in [5.41, 5.74) is 0.504. The van der Waals surface area contributed by atoms with Crippen molar-refractivity contribution in [3.63, 3.8) is 0 Å². The van der Waals surface area contributed by atoms with Crippen molar-refractivity contribution in [2.45, 2.75) is 25.9 Å². The molecule has 0 fully saturated rings. The number of nitrogens with one attached hydrogen (secondary N) is 1. The Hall–Kier alpha value is -1.42. The van der Waals surface area contributed by atoms with E-state index in [0.717, 1.165) is 10.6 Å². The van der Waals surface area contributed by atoms with Crippen molar-refractivity contribution in [2.75, 3.05) is 24.2 Å². The van der Waals surface area contributed by atoms with Crippen LogP contribution < -0.4 is 9.62 Å². The summed E-state index contributed by atoms with van der Waals surface area (Å²) >= 11 is 30.5. The highest BCUT2D eigenvalue weighted by atomic mass is 35.5. The summed E-state index contributed by atoms with van der Waals surface area (Å²) in [6.45, 7) is 1.02. The largest absolute Gasteiger partial charge is 0.357 e. The molecule has 0 unspecified atom stereocenters. The molecule has 2 aromatic carbocycles. The third kappa shape index (κ3) is 7.06. The van der Waals surface area contributed by atoms with Gasteiger partial charge in [-0.3, -0.25) is 13.9 Å². The van der Waals surface area contributed by atoms with Gasteiger partial charge in [-0.15, -0.1) is 0 Å². The molecule has 0 spiro atoms. The van der Waals surface area contributed by atoms with Crippen LogP contribution in [0, 0.1) is 0 Å². The van der Waals surface area contributed by atoms with Gasteiger partial charge in [-0.1, -0.05) is 71.0 Å². The number of likely N-dealkylation sites (N-methyl/N-ethyl adjacent to an activating group) is 1. The molecule has 0 saturated carbocycles. The van der Waals surface area contributed by atoms with Crippen LogP contribution in [0.25, 0.3) is 0 Å². The minimum atomic E-state index is -3.99. The van der Waals surface area contributed by atoms with Crippen molar-refractivity contribution >= 4 is 85.5 Å². The Balaban J connectivity index is 2.53. The van der Waals surface area contributed by atoms with E-state index < -0.39 is 34.4 Å². The SMILES string of the molecule is CC[C@@H](C(=O)NC)N(Cc1ccc(Cl)cc1Cl)C(=O)CN(c1cc(Cl)c(Cl)cc1Cl)S(C)(=O)=O. The molecule has 0 aliphatic rings. The van der Waals surface area contributed by atoms with Crippen LogP contribution >= 0.6 is 58.0 Å². The lowest BCUT2D eigenvalue weighted by Crippen LogP contribution is -2.51. The second-order valence-corrected chi connectivity index (χ2v) is 11.3. The van der Waals surface area contributed by atoms with Gasteiger partial charge < -0.3 is 10.2 Å². The Morgan fingerprint density at radius 3 is 2.12 bits per heavy atom. The topological polar surface area (TPSA) is 86.8 Å². The predicted octanol–water partition coefficient (Wildman–Crippen LogP) is 5.27. The van der Waals surface area contributed by atoms with Gasteiger partial charge >= 0.3 is 0 Å². The highest BCUT2D eigenvalue weighted by Gasteiger charge is 2.32. The van der Waals surface area contributed by atoms with Gasteiger partial charge in [0.2, 0.25) is 21.8 Å². The van der Waals surface area contributed by atoms with Crippen molar-refractivity contribution in [3.8, 4) is 0 Å². The maximum absolute atomic E-state index is 13.5. The highest BCUT2D eigenvalue weighted by molar-refractivity contribution is 7.92. The minimum Gasteiger partial charge on any atom is -0.357 e. The molecule has 34 heavy (non-hydrogen) atoms. The van der Waals surface area contributed by atoms with Gasteiger partial charge in [0.05, 0.1) is 27.0 Å². The van der Waals surface area contributed by atoms with Gasteiger partial charge in [-0.2, -0.15) is 0 Å². The molecule has 1 atom stereocenters. The van der Waals surface area contributed by atoms with E-state index >= 15 is 0 Å². The molecule has 0 radical (unpaired) electrons. The van der Waals surface area contributed by atoms with Crippen LogP contribution in [0.1, 0.15) is 18.9 Å². The molecule has 7 nitrogen and oxygen atoms in total. The van der Waals surface area contributed by atoms with Crippen LogP contribution in [0.2, 0.25) is 25.1 Å². The molecule has 2 aromatic rings. The van der Waals surface area contributed by atoms with Crippen LogP contribution in [-0.2, 0) is 26.2 Å². The second-order valence-electron chi connectivity index (χ2n) is 7.28. The van der Waals surface area contributed by atoms with E-state index in [0.29, 0.717) is 15.6 Å². The van der Waals surface area contributed by atoms with Gasteiger partial charge in [0.15, 0.2) is 0 Å². The first-order valence-electron chi connectivity index (χ1n) is 9.87. The van der Waals surface area contributed by atoms with Crippen molar-refractivity contribution in [1.29, 1.82) is 0 Å². The summed E-state index contributed by atoms with van der Waals surface area (Å²) in [5, 5.41) is 3.40. The summed E-state index contributed by atoms with van der Waals surface area (Å²) < 4.78 is 26.1. The molecule has 2 amide bonds. The summed E-state index contributed by atoms with van der Waals surface area (Å²) in [6, 6.07) is 6.40. The lowest BCUT2D eigenvalue weighted by atomic mass is 10.1. The fourth-order valence-electron chi connectivity index (χ4n) is 3.22. The molecule has 0 aliphatic carbocycles. The Labute approximate surface area is 223 Å². The van der Waals surface area contributed by atoms with E-state index in [4.69, 9.17) is 58.0 Å². The number of hydrogen-bond acceptors (Lipinski definition) is 4. The van der Waals surface area contributed by atoms with Gasteiger partial charge in [-0.05, 0) is 36.2 Å². The van der Waals surface area contributed by atoms with Crippen LogP contribution in [0.3, 0.4) is 0 Å².